The lowest BCUT2D eigenvalue weighted by molar-refractivity contribution is 0.119. The molecule has 0 rings (SSSR count). The SMILES string of the molecule is [B]NC(=O)OC(C)C([B])S[B]. The normalized spacial score (nSPS) is 15.0. The Bertz CT molecular complexity index is 137. The highest BCUT2D eigenvalue weighted by atomic mass is 32.2. The van der Waals surface area contributed by atoms with Gasteiger partial charge in [0.15, 0.2) is 7.12 Å². The summed E-state index contributed by atoms with van der Waals surface area (Å²) in [4.78, 5) is 10.5. The first-order chi connectivity index (χ1) is 5.11. The third kappa shape index (κ3) is 4.29. The average Bonchev–Trinajstić information content (AvgIpc) is 2.02. The predicted molar refractivity (Wildman–Crippen MR) is 47.7 cm³/mol. The molecule has 1 amide bonds. The molecule has 0 aromatic carbocycles. The van der Waals surface area contributed by atoms with Crippen molar-refractivity contribution in [2.45, 2.75) is 18.2 Å². The van der Waals surface area contributed by atoms with Crippen molar-refractivity contribution in [1.82, 2.24) is 5.23 Å². The van der Waals surface area contributed by atoms with E-state index < -0.39 is 17.3 Å². The van der Waals surface area contributed by atoms with Gasteiger partial charge in [-0.05, 0) is 12.1 Å². The highest BCUT2D eigenvalue weighted by Crippen LogP contribution is 2.08. The van der Waals surface area contributed by atoms with E-state index in [1.165, 1.54) is 0 Å². The van der Waals surface area contributed by atoms with Crippen LogP contribution in [0.1, 0.15) is 6.92 Å². The van der Waals surface area contributed by atoms with E-state index in [-0.39, 0.29) is 0 Å². The molecule has 0 bridgehead atoms. The Morgan fingerprint density at radius 1 is 1.73 bits per heavy atom. The summed E-state index contributed by atoms with van der Waals surface area (Å²) in [5.41, 5.74) is 0. The van der Waals surface area contributed by atoms with Crippen LogP contribution in [0.15, 0.2) is 0 Å². The van der Waals surface area contributed by atoms with Gasteiger partial charge in [0.2, 0.25) is 7.98 Å². The van der Waals surface area contributed by atoms with E-state index in [0.717, 1.165) is 11.6 Å². The van der Waals surface area contributed by atoms with Crippen molar-refractivity contribution in [2.24, 2.45) is 0 Å². The Balaban J connectivity index is 3.67. The second-order valence-corrected chi connectivity index (χ2v) is 2.67. The summed E-state index contributed by atoms with van der Waals surface area (Å²) >= 11 is 0.917. The van der Waals surface area contributed by atoms with Gasteiger partial charge in [0, 0.05) is 0 Å². The second-order valence-electron chi connectivity index (χ2n) is 1.86. The summed E-state index contributed by atoms with van der Waals surface area (Å²) in [5.74, 6) is 0. The quantitative estimate of drug-likeness (QED) is 0.572. The molecule has 2 unspecified atom stereocenters. The Morgan fingerprint density at radius 3 is 2.64 bits per heavy atom. The average molecular weight is 165 g/mol. The summed E-state index contributed by atoms with van der Waals surface area (Å²) in [5, 5.41) is 1.37. The first-order valence-corrected chi connectivity index (χ1v) is 3.84. The predicted octanol–water partition coefficient (Wildman–Crippen LogP) is -0.504. The van der Waals surface area contributed by atoms with Crippen LogP contribution in [0.5, 0.6) is 0 Å². The summed E-state index contributed by atoms with van der Waals surface area (Å²) < 4.78 is 4.65. The van der Waals surface area contributed by atoms with Gasteiger partial charge in [0.05, 0.1) is 7.85 Å². The number of carbonyl (C=O) groups excluding carboxylic acids is 1. The molecule has 11 heavy (non-hydrogen) atoms. The molecule has 3 nitrogen and oxygen atoms in total. The van der Waals surface area contributed by atoms with Gasteiger partial charge >= 0.3 is 6.09 Å². The molecule has 0 heterocycles. The Labute approximate surface area is 74.2 Å². The summed E-state index contributed by atoms with van der Waals surface area (Å²) in [7, 11) is 15.3. The molecular weight excluding hydrogens is 159 g/mol. The number of rotatable bonds is 3. The van der Waals surface area contributed by atoms with Crippen LogP contribution < -0.4 is 5.23 Å². The summed E-state index contributed by atoms with van der Waals surface area (Å²) in [6.45, 7) is 1.62. The second kappa shape index (κ2) is 5.46. The highest BCUT2D eigenvalue weighted by Gasteiger charge is 2.13. The van der Waals surface area contributed by atoms with E-state index in [1.54, 1.807) is 6.92 Å². The van der Waals surface area contributed by atoms with E-state index in [0.29, 0.717) is 0 Å². The van der Waals surface area contributed by atoms with Crippen molar-refractivity contribution < 1.29 is 9.53 Å². The molecule has 0 aliphatic heterocycles. The fourth-order valence-corrected chi connectivity index (χ4v) is 0.657. The minimum Gasteiger partial charge on any atom is -0.447 e. The number of hydrogen-bond acceptors (Lipinski definition) is 3. The first-order valence-electron chi connectivity index (χ1n) is 2.90. The van der Waals surface area contributed by atoms with Crippen molar-refractivity contribution in [3.05, 3.63) is 0 Å². The Morgan fingerprint density at radius 2 is 2.27 bits per heavy atom. The van der Waals surface area contributed by atoms with Crippen LogP contribution >= 0.6 is 11.6 Å². The van der Waals surface area contributed by atoms with Crippen LogP contribution in [0.2, 0.25) is 0 Å². The van der Waals surface area contributed by atoms with Gasteiger partial charge in [-0.1, -0.05) is 0 Å². The van der Waals surface area contributed by atoms with Gasteiger partial charge in [0.25, 0.3) is 0 Å². The molecule has 0 spiro atoms. The summed E-state index contributed by atoms with van der Waals surface area (Å²) in [6, 6.07) is 0. The lowest BCUT2D eigenvalue weighted by Gasteiger charge is -2.18. The number of hydrogen-bond donors (Lipinski definition) is 1. The van der Waals surface area contributed by atoms with Gasteiger partial charge in [-0.15, -0.1) is 0 Å². The van der Waals surface area contributed by atoms with E-state index >= 15 is 0 Å². The zero-order chi connectivity index (χ0) is 8.85. The van der Waals surface area contributed by atoms with Gasteiger partial charge in [-0.2, -0.15) is 0 Å². The highest BCUT2D eigenvalue weighted by molar-refractivity contribution is 8.20. The fourth-order valence-electron chi connectivity index (χ4n) is 0.381. The van der Waals surface area contributed by atoms with Gasteiger partial charge < -0.3 is 9.96 Å². The molecule has 1 N–H and O–H groups in total. The lowest BCUT2D eigenvalue weighted by Crippen LogP contribution is -2.31. The Kier molecular flexibility index (Phi) is 5.37. The number of amides is 1. The monoisotopic (exact) mass is 165 g/mol. The maximum absolute atomic E-state index is 10.5. The van der Waals surface area contributed by atoms with E-state index in [1.807, 2.05) is 5.23 Å². The van der Waals surface area contributed by atoms with E-state index in [4.69, 9.17) is 23.0 Å². The van der Waals surface area contributed by atoms with Crippen LogP contribution in [0.3, 0.4) is 0 Å². The molecule has 2 atom stereocenters. The van der Waals surface area contributed by atoms with Gasteiger partial charge in [-0.3, -0.25) is 0 Å². The minimum atomic E-state index is -0.720. The number of ether oxygens (including phenoxy) is 1. The molecule has 0 aromatic heterocycles. The maximum Gasteiger partial charge on any atom is 0.394 e. The van der Waals surface area contributed by atoms with Crippen molar-refractivity contribution in [1.29, 1.82) is 0 Å². The van der Waals surface area contributed by atoms with Crippen LogP contribution in [-0.2, 0) is 4.74 Å². The first kappa shape index (κ1) is 10.8. The third-order valence-electron chi connectivity index (χ3n) is 1.03. The van der Waals surface area contributed by atoms with Crippen LogP contribution in [0.4, 0.5) is 4.79 Å². The van der Waals surface area contributed by atoms with Crippen molar-refractivity contribution >= 4 is 40.7 Å². The number of nitrogens with one attached hydrogen (secondary N) is 1. The molecule has 7 heteroatoms. The smallest absolute Gasteiger partial charge is 0.394 e. The lowest BCUT2D eigenvalue weighted by atomic mass is 9.99. The van der Waals surface area contributed by atoms with Crippen molar-refractivity contribution in [3.8, 4) is 0 Å². The molecular formula is C4H6B3NO2S. The molecule has 6 radical (unpaired) electrons. The molecule has 0 aliphatic rings. The molecule has 0 saturated carbocycles. The molecule has 54 valence electrons. The van der Waals surface area contributed by atoms with Crippen LogP contribution in [-0.4, -0.2) is 40.3 Å². The summed E-state index contributed by atoms with van der Waals surface area (Å²) in [6.07, 6.45) is -1.18. The Hall–Kier alpha value is -0.185. The van der Waals surface area contributed by atoms with Crippen molar-refractivity contribution in [2.75, 3.05) is 0 Å². The van der Waals surface area contributed by atoms with E-state index in [2.05, 4.69) is 4.74 Å². The largest absolute Gasteiger partial charge is 0.447 e. The zero-order valence-corrected chi connectivity index (χ0v) is 6.93. The van der Waals surface area contributed by atoms with Crippen molar-refractivity contribution in [3.63, 3.8) is 0 Å². The minimum absolute atomic E-state index is 0.438. The number of carbonyl (C=O) groups is 1. The van der Waals surface area contributed by atoms with Gasteiger partial charge in [-0.25, -0.2) is 16.4 Å². The molecule has 0 fully saturated rings. The standard InChI is InChI=1S/C4H6B3NO2S/c1-2(3(5)11-7)10-4(9)8-6/h2-3H,1H3,(H,8,9). The van der Waals surface area contributed by atoms with Crippen LogP contribution in [0, 0.1) is 0 Å². The fraction of sp³-hybridized carbons (Fsp3) is 0.750. The van der Waals surface area contributed by atoms with Crippen LogP contribution in [0.25, 0.3) is 0 Å². The molecule has 0 aromatic rings. The van der Waals surface area contributed by atoms with E-state index in [9.17, 15) is 4.79 Å². The van der Waals surface area contributed by atoms with Gasteiger partial charge in [0.1, 0.15) is 6.10 Å². The zero-order valence-electron chi connectivity index (χ0n) is 6.11. The third-order valence-corrected chi connectivity index (χ3v) is 1.73. The molecule has 0 aliphatic carbocycles. The maximum atomic E-state index is 10.5. The topological polar surface area (TPSA) is 38.3 Å². The molecule has 0 saturated heterocycles.